The second kappa shape index (κ2) is 9.98. The van der Waals surface area contributed by atoms with E-state index in [0.717, 1.165) is 0 Å². The number of hydrogen-bond donors (Lipinski definition) is 2. The van der Waals surface area contributed by atoms with Crippen LogP contribution in [0.1, 0.15) is 40.5 Å². The van der Waals surface area contributed by atoms with Gasteiger partial charge in [-0.25, -0.2) is 4.98 Å². The largest absolute Gasteiger partial charge is 0.463 e. The van der Waals surface area contributed by atoms with Crippen molar-refractivity contribution in [2.24, 2.45) is 11.8 Å². The highest BCUT2D eigenvalue weighted by molar-refractivity contribution is 5.89. The van der Waals surface area contributed by atoms with Crippen LogP contribution < -0.4 is 10.9 Å². The Balaban J connectivity index is 1.95. The summed E-state index contributed by atoms with van der Waals surface area (Å²) in [5, 5.41) is 2.58. The quantitative estimate of drug-likeness (QED) is 0.464. The van der Waals surface area contributed by atoms with E-state index in [0.29, 0.717) is 18.5 Å². The third-order valence-corrected chi connectivity index (χ3v) is 3.62. The van der Waals surface area contributed by atoms with Crippen LogP contribution in [0.3, 0.4) is 0 Å². The zero-order chi connectivity index (χ0) is 20.7. The molecule has 10 nitrogen and oxygen atoms in total. The summed E-state index contributed by atoms with van der Waals surface area (Å²) in [5.74, 6) is -0.00801. The van der Waals surface area contributed by atoms with Crippen molar-refractivity contribution < 1.29 is 19.1 Å². The third-order valence-electron chi connectivity index (χ3n) is 3.62. The lowest BCUT2D eigenvalue weighted by Crippen LogP contribution is -2.20. The number of carbonyl (C=O) groups excluding carboxylic acids is 2. The van der Waals surface area contributed by atoms with E-state index in [2.05, 4.69) is 20.3 Å². The number of anilines is 1. The number of rotatable bonds is 10. The fraction of sp³-hybridized carbons (Fsp3) is 0.611. The highest BCUT2D eigenvalue weighted by atomic mass is 16.6. The first-order valence-electron chi connectivity index (χ1n) is 9.24. The van der Waals surface area contributed by atoms with E-state index >= 15 is 0 Å². The Hall–Kier alpha value is -2.75. The second-order valence-electron chi connectivity index (χ2n) is 7.30. The number of ether oxygens (including phenoxy) is 2. The molecule has 2 N–H and O–H groups in total. The van der Waals surface area contributed by atoms with Crippen LogP contribution in [0.2, 0.25) is 0 Å². The molecule has 0 unspecified atom stereocenters. The first-order chi connectivity index (χ1) is 13.3. The third kappa shape index (κ3) is 6.45. The molecule has 0 aliphatic carbocycles. The lowest BCUT2D eigenvalue weighted by Gasteiger charge is -2.09. The van der Waals surface area contributed by atoms with Crippen LogP contribution in [0, 0.1) is 11.8 Å². The molecule has 0 atom stereocenters. The number of aromatic amines is 1. The van der Waals surface area contributed by atoms with Gasteiger partial charge in [-0.2, -0.15) is 4.98 Å². The molecule has 0 spiro atoms. The Kier molecular flexibility index (Phi) is 7.68. The van der Waals surface area contributed by atoms with E-state index in [1.54, 1.807) is 4.57 Å². The van der Waals surface area contributed by atoms with Crippen molar-refractivity contribution in [1.29, 1.82) is 0 Å². The molecule has 2 heterocycles. The predicted octanol–water partition coefficient (Wildman–Crippen LogP) is 1.67. The Bertz CT molecular complexity index is 871. The smallest absolute Gasteiger partial charge is 0.306 e. The molecule has 28 heavy (non-hydrogen) atoms. The van der Waals surface area contributed by atoms with E-state index in [1.165, 1.54) is 6.33 Å². The molecule has 0 fully saturated rings. The number of imidazole rings is 1. The summed E-state index contributed by atoms with van der Waals surface area (Å²) in [6, 6.07) is 0. The van der Waals surface area contributed by atoms with Crippen molar-refractivity contribution in [1.82, 2.24) is 19.5 Å². The predicted molar refractivity (Wildman–Crippen MR) is 103 cm³/mol. The van der Waals surface area contributed by atoms with Gasteiger partial charge in [-0.3, -0.25) is 29.3 Å². The average molecular weight is 393 g/mol. The van der Waals surface area contributed by atoms with Crippen molar-refractivity contribution >= 4 is 29.0 Å². The van der Waals surface area contributed by atoms with E-state index in [4.69, 9.17) is 9.47 Å². The maximum Gasteiger partial charge on any atom is 0.306 e. The van der Waals surface area contributed by atoms with Gasteiger partial charge in [-0.05, 0) is 11.8 Å². The molecule has 0 aromatic carbocycles. The van der Waals surface area contributed by atoms with Crippen LogP contribution in [0.25, 0.3) is 11.2 Å². The number of fused-ring (bicyclic) bond motifs is 1. The molecular formula is C18H27N5O5. The maximum atomic E-state index is 12.1. The van der Waals surface area contributed by atoms with Crippen LogP contribution in [-0.4, -0.2) is 44.6 Å². The van der Waals surface area contributed by atoms with Crippen LogP contribution in [0.15, 0.2) is 11.1 Å². The van der Waals surface area contributed by atoms with Crippen LogP contribution >= 0.6 is 0 Å². The molecule has 2 aromatic heterocycles. The SMILES string of the molecule is CC(C)CC(=O)Nc1nc2c(ncn2COCCOC(=O)CC(C)C)c(=O)[nH]1. The van der Waals surface area contributed by atoms with E-state index in [1.807, 2.05) is 27.7 Å². The topological polar surface area (TPSA) is 128 Å². The molecule has 0 bridgehead atoms. The van der Waals surface area contributed by atoms with Crippen LogP contribution in [0.4, 0.5) is 5.95 Å². The first kappa shape index (κ1) is 21.5. The molecule has 0 radical (unpaired) electrons. The molecule has 154 valence electrons. The van der Waals surface area contributed by atoms with Gasteiger partial charge < -0.3 is 9.47 Å². The first-order valence-corrected chi connectivity index (χ1v) is 9.24. The monoisotopic (exact) mass is 393 g/mol. The highest BCUT2D eigenvalue weighted by Crippen LogP contribution is 2.09. The van der Waals surface area contributed by atoms with Gasteiger partial charge >= 0.3 is 5.97 Å². The minimum Gasteiger partial charge on any atom is -0.463 e. The Morgan fingerprint density at radius 1 is 1.18 bits per heavy atom. The number of nitrogens with one attached hydrogen (secondary N) is 2. The minimum atomic E-state index is -0.453. The lowest BCUT2D eigenvalue weighted by molar-refractivity contribution is -0.146. The minimum absolute atomic E-state index is 0.0625. The van der Waals surface area contributed by atoms with Crippen molar-refractivity contribution in [3.8, 4) is 0 Å². The maximum absolute atomic E-state index is 12.1. The van der Waals surface area contributed by atoms with Crippen molar-refractivity contribution in [2.45, 2.75) is 47.3 Å². The summed E-state index contributed by atoms with van der Waals surface area (Å²) in [6.45, 7) is 8.14. The highest BCUT2D eigenvalue weighted by Gasteiger charge is 2.13. The zero-order valence-electron chi connectivity index (χ0n) is 16.7. The standard InChI is InChI=1S/C18H27N5O5/c1-11(2)7-13(24)20-18-21-16-15(17(26)22-18)19-9-23(16)10-27-5-6-28-14(25)8-12(3)4/h9,11-12H,5-8,10H2,1-4H3,(H2,20,21,22,24,26). The molecule has 0 saturated heterocycles. The number of esters is 1. The fourth-order valence-corrected chi connectivity index (χ4v) is 2.43. The van der Waals surface area contributed by atoms with Crippen LogP contribution in [0.5, 0.6) is 0 Å². The number of H-pyrrole nitrogens is 1. The molecule has 0 aliphatic rings. The van der Waals surface area contributed by atoms with Gasteiger partial charge in [0.2, 0.25) is 11.9 Å². The molecular weight excluding hydrogens is 366 g/mol. The summed E-state index contributed by atoms with van der Waals surface area (Å²) in [5.41, 5.74) is -0.0135. The van der Waals surface area contributed by atoms with E-state index < -0.39 is 5.56 Å². The molecule has 0 saturated carbocycles. The molecule has 2 rings (SSSR count). The van der Waals surface area contributed by atoms with Gasteiger partial charge in [-0.1, -0.05) is 27.7 Å². The average Bonchev–Trinajstić information content (AvgIpc) is 2.96. The molecule has 1 amide bonds. The van der Waals surface area contributed by atoms with Gasteiger partial charge in [0, 0.05) is 12.8 Å². The summed E-state index contributed by atoms with van der Waals surface area (Å²) in [7, 11) is 0. The molecule has 2 aromatic rings. The van der Waals surface area contributed by atoms with Crippen LogP contribution in [-0.2, 0) is 25.8 Å². The van der Waals surface area contributed by atoms with E-state index in [9.17, 15) is 14.4 Å². The van der Waals surface area contributed by atoms with Gasteiger partial charge in [0.15, 0.2) is 11.2 Å². The zero-order valence-corrected chi connectivity index (χ0v) is 16.7. The Morgan fingerprint density at radius 3 is 2.57 bits per heavy atom. The number of amides is 1. The van der Waals surface area contributed by atoms with Gasteiger partial charge in [0.1, 0.15) is 13.3 Å². The number of nitrogens with zero attached hydrogens (tertiary/aromatic N) is 3. The summed E-state index contributed by atoms with van der Waals surface area (Å²) in [4.78, 5) is 46.3. The lowest BCUT2D eigenvalue weighted by atomic mass is 10.1. The fourth-order valence-electron chi connectivity index (χ4n) is 2.43. The Morgan fingerprint density at radius 2 is 1.89 bits per heavy atom. The van der Waals surface area contributed by atoms with Crippen molar-refractivity contribution in [3.63, 3.8) is 0 Å². The van der Waals surface area contributed by atoms with Crippen molar-refractivity contribution in [2.75, 3.05) is 18.5 Å². The Labute approximate surface area is 162 Å². The summed E-state index contributed by atoms with van der Waals surface area (Å²) >= 11 is 0. The molecule has 0 aliphatic heterocycles. The number of carbonyl (C=O) groups is 2. The molecule has 10 heteroatoms. The van der Waals surface area contributed by atoms with Crippen molar-refractivity contribution in [3.05, 3.63) is 16.7 Å². The van der Waals surface area contributed by atoms with Gasteiger partial charge in [0.25, 0.3) is 5.56 Å². The van der Waals surface area contributed by atoms with Gasteiger partial charge in [-0.15, -0.1) is 0 Å². The summed E-state index contributed by atoms with van der Waals surface area (Å²) in [6.07, 6.45) is 2.11. The van der Waals surface area contributed by atoms with E-state index in [-0.39, 0.29) is 55.1 Å². The normalized spacial score (nSPS) is 11.4. The number of hydrogen-bond acceptors (Lipinski definition) is 7. The number of aromatic nitrogens is 4. The summed E-state index contributed by atoms with van der Waals surface area (Å²) < 4.78 is 12.1. The van der Waals surface area contributed by atoms with Gasteiger partial charge in [0.05, 0.1) is 12.9 Å². The second-order valence-corrected chi connectivity index (χ2v) is 7.30.